The highest BCUT2D eigenvalue weighted by Gasteiger charge is 2.53. The minimum absolute atomic E-state index is 0.0374. The molecule has 8 heteroatoms. The third kappa shape index (κ3) is 4.14. The molecular formula is C32H28FN5OS. The van der Waals surface area contributed by atoms with Crippen LogP contribution >= 0.6 is 11.8 Å². The van der Waals surface area contributed by atoms with E-state index in [0.29, 0.717) is 22.7 Å². The summed E-state index contributed by atoms with van der Waals surface area (Å²) in [7, 11) is 0. The van der Waals surface area contributed by atoms with Crippen LogP contribution in [-0.4, -0.2) is 22.7 Å². The first-order valence-electron chi connectivity index (χ1n) is 13.4. The maximum Gasteiger partial charge on any atom is 0.234 e. The normalized spacial score (nSPS) is 24.7. The number of nitrogens with zero attached hydrogens (tertiary/aromatic N) is 2. The van der Waals surface area contributed by atoms with Gasteiger partial charge in [0.25, 0.3) is 0 Å². The van der Waals surface area contributed by atoms with Crippen LogP contribution in [0.25, 0.3) is 10.8 Å². The van der Waals surface area contributed by atoms with Crippen LogP contribution in [-0.2, 0) is 4.79 Å². The Morgan fingerprint density at radius 3 is 2.40 bits per heavy atom. The number of hydrogen-bond acceptors (Lipinski definition) is 6. The van der Waals surface area contributed by atoms with Gasteiger partial charge < -0.3 is 5.32 Å². The first-order valence-corrected chi connectivity index (χ1v) is 14.4. The molecule has 4 aliphatic rings. The lowest BCUT2D eigenvalue weighted by molar-refractivity contribution is -0.131. The van der Waals surface area contributed by atoms with E-state index in [1.54, 1.807) is 6.07 Å². The fourth-order valence-electron chi connectivity index (χ4n) is 6.16. The van der Waals surface area contributed by atoms with Crippen molar-refractivity contribution in [1.82, 2.24) is 10.7 Å². The Morgan fingerprint density at radius 1 is 0.850 bits per heavy atom. The maximum absolute atomic E-state index is 14.4. The minimum atomic E-state index is -0.735. The second kappa shape index (κ2) is 9.78. The van der Waals surface area contributed by atoms with Gasteiger partial charge in [0.1, 0.15) is 11.7 Å². The molecule has 3 aliphatic heterocycles. The average molecular weight is 550 g/mol. The smallest absolute Gasteiger partial charge is 0.234 e. The number of aliphatic imine (C=N–C) groups is 2. The summed E-state index contributed by atoms with van der Waals surface area (Å²) in [6.07, 6.45) is 0.632. The molecule has 6 nitrogen and oxygen atoms in total. The van der Waals surface area contributed by atoms with Crippen LogP contribution in [0, 0.1) is 11.2 Å². The maximum atomic E-state index is 14.4. The van der Waals surface area contributed by atoms with Crippen LogP contribution in [0.4, 0.5) is 10.1 Å². The molecule has 4 unspecified atom stereocenters. The van der Waals surface area contributed by atoms with E-state index >= 15 is 0 Å². The van der Waals surface area contributed by atoms with Crippen molar-refractivity contribution in [2.24, 2.45) is 15.4 Å². The van der Waals surface area contributed by atoms with E-state index in [-0.39, 0.29) is 29.7 Å². The van der Waals surface area contributed by atoms with E-state index in [0.717, 1.165) is 28.0 Å². The summed E-state index contributed by atoms with van der Waals surface area (Å²) in [5, 5.41) is 5.18. The highest BCUT2D eigenvalue weighted by Crippen LogP contribution is 2.55. The van der Waals surface area contributed by atoms with Crippen molar-refractivity contribution in [1.29, 1.82) is 0 Å². The highest BCUT2D eigenvalue weighted by atomic mass is 32.2. The van der Waals surface area contributed by atoms with Gasteiger partial charge in [-0.1, -0.05) is 84.6 Å². The van der Waals surface area contributed by atoms with Crippen LogP contribution < -0.4 is 16.2 Å². The van der Waals surface area contributed by atoms with Gasteiger partial charge in [-0.25, -0.2) is 4.39 Å². The topological polar surface area (TPSA) is 77.9 Å². The average Bonchev–Trinajstić information content (AvgIpc) is 3.45. The minimum Gasteiger partial charge on any atom is -0.305 e. The lowest BCUT2D eigenvalue weighted by Crippen LogP contribution is -2.53. The molecule has 0 aromatic heterocycles. The molecule has 0 saturated heterocycles. The molecule has 40 heavy (non-hydrogen) atoms. The fourth-order valence-corrected chi connectivity index (χ4v) is 7.10. The van der Waals surface area contributed by atoms with Crippen LogP contribution in [0.5, 0.6) is 0 Å². The van der Waals surface area contributed by atoms with Crippen molar-refractivity contribution in [3.63, 3.8) is 0 Å². The lowest BCUT2D eigenvalue weighted by atomic mass is 9.62. The number of benzene rings is 4. The molecule has 0 spiro atoms. The summed E-state index contributed by atoms with van der Waals surface area (Å²) < 4.78 is 14.4. The molecule has 4 aromatic rings. The molecule has 3 heterocycles. The highest BCUT2D eigenvalue weighted by molar-refractivity contribution is 8.14. The van der Waals surface area contributed by atoms with E-state index in [9.17, 15) is 9.18 Å². The van der Waals surface area contributed by atoms with Gasteiger partial charge in [0.15, 0.2) is 5.17 Å². The molecule has 2 bridgehead atoms. The number of carbonyl (C=O) groups is 1. The van der Waals surface area contributed by atoms with Crippen molar-refractivity contribution < 1.29 is 9.18 Å². The molecule has 8 rings (SSSR count). The monoisotopic (exact) mass is 549 g/mol. The number of fused-ring (bicyclic) bond motifs is 2. The fraction of sp³-hybridized carbons (Fsp3) is 0.219. The number of hydrazine groups is 1. The number of para-hydroxylation sites is 1. The second-order valence-electron chi connectivity index (χ2n) is 10.7. The summed E-state index contributed by atoms with van der Waals surface area (Å²) in [5.74, 6) is 1.18. The Kier molecular flexibility index (Phi) is 6.08. The van der Waals surface area contributed by atoms with Gasteiger partial charge in [-0.15, -0.1) is 0 Å². The molecule has 4 atom stereocenters. The first-order chi connectivity index (χ1) is 19.5. The quantitative estimate of drug-likeness (QED) is 0.254. The van der Waals surface area contributed by atoms with Crippen molar-refractivity contribution in [3.8, 4) is 0 Å². The van der Waals surface area contributed by atoms with Crippen molar-refractivity contribution >= 4 is 45.1 Å². The molecule has 1 amide bonds. The molecular weight excluding hydrogens is 521 g/mol. The molecule has 0 saturated carbocycles. The lowest BCUT2D eigenvalue weighted by Gasteiger charge is -2.47. The van der Waals surface area contributed by atoms with Crippen LogP contribution in [0.2, 0.25) is 0 Å². The zero-order chi connectivity index (χ0) is 27.3. The Bertz CT molecular complexity index is 1690. The number of carbonyl (C=O) groups excluding carboxylic acids is 1. The number of amides is 1. The van der Waals surface area contributed by atoms with E-state index < -0.39 is 5.41 Å². The molecule has 3 N–H and O–H groups in total. The van der Waals surface area contributed by atoms with Crippen LogP contribution in [0.1, 0.15) is 48.0 Å². The van der Waals surface area contributed by atoms with Crippen molar-refractivity contribution in [2.75, 3.05) is 11.2 Å². The second-order valence-corrected chi connectivity index (χ2v) is 11.7. The van der Waals surface area contributed by atoms with Crippen molar-refractivity contribution in [3.05, 3.63) is 114 Å². The van der Waals surface area contributed by atoms with E-state index in [4.69, 9.17) is 9.98 Å². The Labute approximate surface area is 236 Å². The number of rotatable bonds is 4. The Morgan fingerprint density at radius 2 is 1.57 bits per heavy atom. The molecule has 0 radical (unpaired) electrons. The van der Waals surface area contributed by atoms with Gasteiger partial charge >= 0.3 is 0 Å². The first kappa shape index (κ1) is 24.8. The van der Waals surface area contributed by atoms with Crippen molar-refractivity contribution in [2.45, 2.75) is 31.3 Å². The van der Waals surface area contributed by atoms with E-state index in [2.05, 4.69) is 28.3 Å². The molecule has 200 valence electrons. The molecule has 4 aromatic carbocycles. The summed E-state index contributed by atoms with van der Waals surface area (Å²) in [6.45, 7) is 2.01. The zero-order valence-electron chi connectivity index (χ0n) is 21.9. The Balaban J connectivity index is 1.14. The third-order valence-corrected chi connectivity index (χ3v) is 9.22. The Hall–Kier alpha value is -4.17. The number of nitrogens with one attached hydrogen (secondary N) is 3. The van der Waals surface area contributed by atoms with Gasteiger partial charge in [-0.3, -0.25) is 25.6 Å². The van der Waals surface area contributed by atoms with E-state index in [1.807, 2.05) is 73.7 Å². The SMILES string of the molecule is CC1(C(=O)NC2=NC(c3ccc(F)c4ccccc34)CS2)CC2C(NNc3ccccc3)=NC1c1ccccc12. The predicted molar refractivity (Wildman–Crippen MR) is 160 cm³/mol. The van der Waals surface area contributed by atoms with Crippen LogP contribution in [0.3, 0.4) is 0 Å². The third-order valence-electron chi connectivity index (χ3n) is 8.26. The standard InChI is InChI=1S/C32H28FN5OS/c1-32(30(39)36-31-34-27(18-40-31)23-15-16-26(33)22-13-7-5-11-20(22)23)17-25-21-12-6-8-14-24(21)28(32)35-29(25)38-37-19-9-3-2-4-10-19/h2-16,25,27-28,37H,17-18H2,1H3,(H,35,38)(H,34,36,39). The summed E-state index contributed by atoms with van der Waals surface area (Å²) in [6, 6.07) is 28.5. The molecule has 0 fully saturated rings. The predicted octanol–water partition coefficient (Wildman–Crippen LogP) is 6.50. The van der Waals surface area contributed by atoms with Gasteiger partial charge in [0, 0.05) is 17.1 Å². The number of anilines is 1. The largest absolute Gasteiger partial charge is 0.305 e. The summed E-state index contributed by atoms with van der Waals surface area (Å²) in [4.78, 5) is 23.8. The number of halogens is 1. The molecule has 1 aliphatic carbocycles. The number of hydrogen-bond donors (Lipinski definition) is 3. The summed E-state index contributed by atoms with van der Waals surface area (Å²) >= 11 is 1.53. The van der Waals surface area contributed by atoms with E-state index in [1.165, 1.54) is 23.4 Å². The van der Waals surface area contributed by atoms with Gasteiger partial charge in [-0.2, -0.15) is 0 Å². The van der Waals surface area contributed by atoms with Gasteiger partial charge in [-0.05, 0) is 53.6 Å². The summed E-state index contributed by atoms with van der Waals surface area (Å²) in [5.41, 5.74) is 10.1. The van der Waals surface area contributed by atoms with Gasteiger partial charge in [0.05, 0.1) is 23.2 Å². The number of thioether (sulfide) groups is 1. The van der Waals surface area contributed by atoms with Gasteiger partial charge in [0.2, 0.25) is 5.91 Å². The zero-order valence-corrected chi connectivity index (χ0v) is 22.7. The number of amidine groups is 2. The van der Waals surface area contributed by atoms with Crippen LogP contribution in [0.15, 0.2) is 101 Å².